The maximum atomic E-state index is 12.2. The van der Waals surface area contributed by atoms with E-state index in [4.69, 9.17) is 39.5 Å². The summed E-state index contributed by atoms with van der Waals surface area (Å²) in [7, 11) is 0. The third-order valence-electron chi connectivity index (χ3n) is 4.68. The van der Waals surface area contributed by atoms with E-state index >= 15 is 0 Å². The fraction of sp³-hybridized carbons (Fsp3) is 0.167. The van der Waals surface area contributed by atoms with Crippen LogP contribution in [0, 0.1) is 6.92 Å². The molecule has 0 heterocycles. The summed E-state index contributed by atoms with van der Waals surface area (Å²) in [6.07, 6.45) is 1.53. The van der Waals surface area contributed by atoms with Crippen molar-refractivity contribution in [3.8, 4) is 11.5 Å². The number of aromatic hydroxyl groups is 1. The van der Waals surface area contributed by atoms with Crippen LogP contribution in [-0.2, 0) is 6.54 Å². The number of carbonyl (C=O) groups is 1. The first-order chi connectivity index (χ1) is 16.2. The smallest absolute Gasteiger partial charge is 0.271 e. The Bertz CT molecular complexity index is 1200. The summed E-state index contributed by atoms with van der Waals surface area (Å²) >= 11 is 21.3. The average Bonchev–Trinajstić information content (AvgIpc) is 2.79. The lowest BCUT2D eigenvalue weighted by Crippen LogP contribution is -2.21. The molecule has 1 amide bonds. The van der Waals surface area contributed by atoms with Gasteiger partial charge in [-0.1, -0.05) is 40.9 Å². The molecule has 3 N–H and O–H groups in total. The number of phenolic OH excluding ortho intramolecular Hbond substituents is 1. The van der Waals surface area contributed by atoms with Crippen LogP contribution < -0.4 is 15.5 Å². The summed E-state index contributed by atoms with van der Waals surface area (Å²) in [5, 5.41) is 17.9. The molecule has 0 aromatic heterocycles. The Morgan fingerprint density at radius 3 is 2.59 bits per heavy atom. The summed E-state index contributed by atoms with van der Waals surface area (Å²) in [5.74, 6) is 0.199. The highest BCUT2D eigenvalue weighted by molar-refractivity contribution is 9.10. The van der Waals surface area contributed by atoms with Gasteiger partial charge in [0.05, 0.1) is 25.8 Å². The van der Waals surface area contributed by atoms with E-state index in [0.717, 1.165) is 26.9 Å². The number of hydrogen-bond donors (Lipinski definition) is 3. The Morgan fingerprint density at radius 2 is 1.88 bits per heavy atom. The molecule has 0 aliphatic carbocycles. The van der Waals surface area contributed by atoms with Gasteiger partial charge in [0.2, 0.25) is 0 Å². The minimum absolute atomic E-state index is 0.0911. The predicted octanol–water partition coefficient (Wildman–Crippen LogP) is 6.36. The molecule has 0 saturated heterocycles. The molecule has 178 valence electrons. The first-order valence-electron chi connectivity index (χ1n) is 10.1. The highest BCUT2D eigenvalue weighted by atomic mass is 79.9. The Kier molecular flexibility index (Phi) is 9.62. The largest absolute Gasteiger partial charge is 0.506 e. The lowest BCUT2D eigenvalue weighted by Gasteiger charge is -2.13. The van der Waals surface area contributed by atoms with E-state index < -0.39 is 5.91 Å². The van der Waals surface area contributed by atoms with Crippen molar-refractivity contribution < 1.29 is 14.6 Å². The van der Waals surface area contributed by atoms with Crippen LogP contribution in [-0.4, -0.2) is 30.4 Å². The van der Waals surface area contributed by atoms with Gasteiger partial charge in [-0.05, 0) is 82.0 Å². The molecule has 10 heteroatoms. The lowest BCUT2D eigenvalue weighted by atomic mass is 10.1. The van der Waals surface area contributed by atoms with Crippen LogP contribution in [0.2, 0.25) is 15.1 Å². The average molecular weight is 586 g/mol. The monoisotopic (exact) mass is 583 g/mol. The lowest BCUT2D eigenvalue weighted by molar-refractivity contribution is 0.0955. The van der Waals surface area contributed by atoms with Crippen molar-refractivity contribution in [2.45, 2.75) is 13.5 Å². The number of hydrazone groups is 1. The molecule has 0 aliphatic rings. The third kappa shape index (κ3) is 7.35. The quantitative estimate of drug-likeness (QED) is 0.155. The second-order valence-electron chi connectivity index (χ2n) is 7.29. The van der Waals surface area contributed by atoms with Crippen LogP contribution >= 0.6 is 50.7 Å². The Labute approximate surface area is 221 Å². The zero-order chi connectivity index (χ0) is 24.7. The van der Waals surface area contributed by atoms with Gasteiger partial charge in [-0.2, -0.15) is 5.10 Å². The van der Waals surface area contributed by atoms with Crippen LogP contribution in [0.1, 0.15) is 27.0 Å². The molecule has 0 saturated carbocycles. The summed E-state index contributed by atoms with van der Waals surface area (Å²) in [4.78, 5) is 12.2. The fourth-order valence-electron chi connectivity index (χ4n) is 3.00. The first kappa shape index (κ1) is 26.3. The van der Waals surface area contributed by atoms with Crippen molar-refractivity contribution in [1.29, 1.82) is 0 Å². The van der Waals surface area contributed by atoms with Crippen molar-refractivity contribution in [2.75, 3.05) is 13.2 Å². The number of carbonyl (C=O) groups excluding carboxylic acids is 1. The first-order valence-corrected chi connectivity index (χ1v) is 12.1. The van der Waals surface area contributed by atoms with Gasteiger partial charge in [-0.15, -0.1) is 0 Å². The third-order valence-corrected chi connectivity index (χ3v) is 6.31. The van der Waals surface area contributed by atoms with Crippen molar-refractivity contribution in [2.24, 2.45) is 5.10 Å². The highest BCUT2D eigenvalue weighted by Gasteiger charge is 2.09. The molecule has 3 aromatic rings. The zero-order valence-electron chi connectivity index (χ0n) is 18.0. The van der Waals surface area contributed by atoms with Crippen LogP contribution in [0.5, 0.6) is 11.5 Å². The van der Waals surface area contributed by atoms with Crippen LogP contribution in [0.3, 0.4) is 0 Å². The molecule has 0 aliphatic heterocycles. The van der Waals surface area contributed by atoms with Crippen LogP contribution in [0.15, 0.2) is 58.1 Å². The van der Waals surface area contributed by atoms with Gasteiger partial charge in [-0.25, -0.2) is 5.43 Å². The number of amides is 1. The van der Waals surface area contributed by atoms with Crippen molar-refractivity contribution in [1.82, 2.24) is 10.7 Å². The Balaban J connectivity index is 1.50. The molecular formula is C24H21BrCl3N3O3. The normalized spacial score (nSPS) is 11.1. The molecule has 0 radical (unpaired) electrons. The van der Waals surface area contributed by atoms with Gasteiger partial charge in [0.15, 0.2) is 0 Å². The number of aryl methyl sites for hydroxylation is 1. The molecule has 6 nitrogen and oxygen atoms in total. The predicted molar refractivity (Wildman–Crippen MR) is 141 cm³/mol. The highest BCUT2D eigenvalue weighted by Crippen LogP contribution is 2.30. The van der Waals surface area contributed by atoms with Gasteiger partial charge in [0.25, 0.3) is 5.91 Å². The number of phenols is 1. The van der Waals surface area contributed by atoms with E-state index in [9.17, 15) is 9.90 Å². The van der Waals surface area contributed by atoms with Gasteiger partial charge < -0.3 is 15.2 Å². The second kappa shape index (κ2) is 12.4. The maximum Gasteiger partial charge on any atom is 0.271 e. The van der Waals surface area contributed by atoms with E-state index in [2.05, 4.69) is 31.8 Å². The van der Waals surface area contributed by atoms with Crippen molar-refractivity contribution in [3.05, 3.63) is 90.3 Å². The summed E-state index contributed by atoms with van der Waals surface area (Å²) in [6, 6.07) is 13.5. The van der Waals surface area contributed by atoms with Gasteiger partial charge in [-0.3, -0.25) is 4.79 Å². The Hall–Kier alpha value is -2.29. The van der Waals surface area contributed by atoms with Gasteiger partial charge >= 0.3 is 0 Å². The number of ether oxygens (including phenoxy) is 1. The van der Waals surface area contributed by atoms with Gasteiger partial charge in [0, 0.05) is 18.7 Å². The molecule has 34 heavy (non-hydrogen) atoms. The van der Waals surface area contributed by atoms with E-state index in [1.807, 2.05) is 31.2 Å². The number of hydrogen-bond acceptors (Lipinski definition) is 5. The van der Waals surface area contributed by atoms with Crippen molar-refractivity contribution >= 4 is 62.9 Å². The molecule has 0 unspecified atom stereocenters. The molecule has 0 fully saturated rings. The number of nitrogens with one attached hydrogen (secondary N) is 2. The molecular weight excluding hydrogens is 565 g/mol. The van der Waals surface area contributed by atoms with E-state index in [0.29, 0.717) is 29.7 Å². The molecule has 0 atom stereocenters. The molecule has 0 spiro atoms. The topological polar surface area (TPSA) is 83.0 Å². The molecule has 3 rings (SSSR count). The molecule has 3 aromatic carbocycles. The summed E-state index contributed by atoms with van der Waals surface area (Å²) in [5.41, 5.74) is 5.45. The van der Waals surface area contributed by atoms with Gasteiger partial charge in [0.1, 0.15) is 18.1 Å². The number of benzene rings is 3. The fourth-order valence-corrected chi connectivity index (χ4v) is 4.19. The SMILES string of the molecule is Cc1cc(/C=N\NC(=O)c2ccc(O)c(Cl)c2)cc(Br)c1OCCNCc1ccc(Cl)c(Cl)c1. The van der Waals surface area contributed by atoms with Crippen LogP contribution in [0.25, 0.3) is 0 Å². The molecule has 0 bridgehead atoms. The maximum absolute atomic E-state index is 12.2. The number of halogens is 4. The number of rotatable bonds is 9. The summed E-state index contributed by atoms with van der Waals surface area (Å²) < 4.78 is 6.69. The Morgan fingerprint density at radius 1 is 1.09 bits per heavy atom. The minimum Gasteiger partial charge on any atom is -0.506 e. The minimum atomic E-state index is -0.442. The number of nitrogens with zero attached hydrogens (tertiary/aromatic N) is 1. The van der Waals surface area contributed by atoms with E-state index in [1.54, 1.807) is 6.07 Å². The van der Waals surface area contributed by atoms with Crippen molar-refractivity contribution in [3.63, 3.8) is 0 Å². The summed E-state index contributed by atoms with van der Waals surface area (Å²) in [6.45, 7) is 3.69. The second-order valence-corrected chi connectivity index (χ2v) is 9.36. The van der Waals surface area contributed by atoms with E-state index in [1.165, 1.54) is 24.4 Å². The standard InChI is InChI=1S/C24H21BrCl3N3O3/c1-14-8-16(13-30-31-24(33)17-3-5-22(32)21(28)11-17)9-18(25)23(14)34-7-6-29-12-15-2-4-19(26)20(27)10-15/h2-5,8-11,13,29,32H,6-7,12H2,1H3,(H,31,33)/b30-13-. The van der Waals surface area contributed by atoms with Crippen LogP contribution in [0.4, 0.5) is 0 Å². The zero-order valence-corrected chi connectivity index (χ0v) is 21.9. The van der Waals surface area contributed by atoms with E-state index in [-0.39, 0.29) is 16.3 Å².